The van der Waals surface area contributed by atoms with Gasteiger partial charge in [0.15, 0.2) is 5.69 Å². The number of para-hydroxylation sites is 2. The Labute approximate surface area is 199 Å². The highest BCUT2D eigenvalue weighted by molar-refractivity contribution is 6.30. The quantitative estimate of drug-likeness (QED) is 0.565. The standard InChI is InChI=1S/C23H23ClF3N5O2/c1-34-20-8-3-2-7-19(20)30-9-11-31(12-10-30)22(33)28-15-18-14-21(23(25,26)27)29-32(18)17-6-4-5-16(24)13-17/h2-8,13-14H,9-12,15H2,1H3,(H,28,33). The number of methoxy groups -OCH3 is 1. The van der Waals surface area contributed by atoms with Crippen LogP contribution in [0.5, 0.6) is 5.75 Å². The summed E-state index contributed by atoms with van der Waals surface area (Å²) in [6, 6.07) is 14.6. The number of anilines is 1. The number of rotatable bonds is 5. The number of carbonyl (C=O) groups is 1. The maximum atomic E-state index is 13.3. The summed E-state index contributed by atoms with van der Waals surface area (Å²) in [7, 11) is 1.61. The molecule has 0 unspecified atom stereocenters. The zero-order chi connectivity index (χ0) is 24.3. The topological polar surface area (TPSA) is 62.6 Å². The number of amides is 2. The zero-order valence-electron chi connectivity index (χ0n) is 18.3. The van der Waals surface area contributed by atoms with E-state index < -0.39 is 11.9 Å². The van der Waals surface area contributed by atoms with Crippen LogP contribution in [0.3, 0.4) is 0 Å². The fourth-order valence-corrected chi connectivity index (χ4v) is 4.02. The lowest BCUT2D eigenvalue weighted by molar-refractivity contribution is -0.141. The van der Waals surface area contributed by atoms with Crippen molar-refractivity contribution < 1.29 is 22.7 Å². The Morgan fingerprint density at radius 1 is 1.09 bits per heavy atom. The monoisotopic (exact) mass is 493 g/mol. The van der Waals surface area contributed by atoms with Gasteiger partial charge in [-0.05, 0) is 36.4 Å². The lowest BCUT2D eigenvalue weighted by atomic mass is 10.2. The predicted molar refractivity (Wildman–Crippen MR) is 123 cm³/mol. The number of ether oxygens (including phenoxy) is 1. The smallest absolute Gasteiger partial charge is 0.435 e. The van der Waals surface area contributed by atoms with Crippen molar-refractivity contribution >= 4 is 23.3 Å². The Hall–Kier alpha value is -3.40. The molecule has 2 heterocycles. The Morgan fingerprint density at radius 3 is 2.50 bits per heavy atom. The number of urea groups is 1. The second-order valence-electron chi connectivity index (χ2n) is 7.72. The molecule has 1 aliphatic heterocycles. The van der Waals surface area contributed by atoms with Crippen molar-refractivity contribution in [3.05, 3.63) is 71.0 Å². The minimum atomic E-state index is -4.61. The molecular formula is C23H23ClF3N5O2. The summed E-state index contributed by atoms with van der Waals surface area (Å²) in [6.07, 6.45) is -4.61. The molecule has 2 amide bonds. The van der Waals surface area contributed by atoms with Gasteiger partial charge in [0, 0.05) is 31.2 Å². The van der Waals surface area contributed by atoms with E-state index in [1.807, 2.05) is 24.3 Å². The summed E-state index contributed by atoms with van der Waals surface area (Å²) < 4.78 is 46.4. The molecule has 0 saturated carbocycles. The molecule has 1 N–H and O–H groups in total. The van der Waals surface area contributed by atoms with E-state index in [0.29, 0.717) is 36.9 Å². The van der Waals surface area contributed by atoms with Crippen molar-refractivity contribution in [1.29, 1.82) is 0 Å². The van der Waals surface area contributed by atoms with Crippen LogP contribution < -0.4 is 15.0 Å². The summed E-state index contributed by atoms with van der Waals surface area (Å²) in [5, 5.41) is 6.78. The normalized spacial score (nSPS) is 14.3. The van der Waals surface area contributed by atoms with Gasteiger partial charge in [0.2, 0.25) is 0 Å². The molecule has 7 nitrogen and oxygen atoms in total. The lowest BCUT2D eigenvalue weighted by Crippen LogP contribution is -2.51. The maximum absolute atomic E-state index is 13.3. The first-order chi connectivity index (χ1) is 16.3. The molecule has 1 fully saturated rings. The van der Waals surface area contributed by atoms with Crippen molar-refractivity contribution in [2.24, 2.45) is 0 Å². The van der Waals surface area contributed by atoms with Crippen molar-refractivity contribution in [1.82, 2.24) is 20.0 Å². The van der Waals surface area contributed by atoms with Crippen molar-refractivity contribution in [3.8, 4) is 11.4 Å². The highest BCUT2D eigenvalue weighted by Gasteiger charge is 2.35. The molecule has 0 bridgehead atoms. The molecule has 0 atom stereocenters. The predicted octanol–water partition coefficient (Wildman–Crippen LogP) is 4.58. The van der Waals surface area contributed by atoms with Gasteiger partial charge in [0.05, 0.1) is 30.7 Å². The van der Waals surface area contributed by atoms with Gasteiger partial charge in [-0.1, -0.05) is 29.8 Å². The van der Waals surface area contributed by atoms with Crippen LogP contribution in [0.15, 0.2) is 54.6 Å². The molecular weight excluding hydrogens is 471 g/mol. The first kappa shape index (κ1) is 23.7. The third-order valence-electron chi connectivity index (χ3n) is 5.54. The van der Waals surface area contributed by atoms with E-state index >= 15 is 0 Å². The summed E-state index contributed by atoms with van der Waals surface area (Å²) in [4.78, 5) is 16.5. The molecule has 1 aromatic heterocycles. The summed E-state index contributed by atoms with van der Waals surface area (Å²) in [6.45, 7) is 2.01. The van der Waals surface area contributed by atoms with Gasteiger partial charge in [0.25, 0.3) is 0 Å². The second kappa shape index (κ2) is 9.84. The highest BCUT2D eigenvalue weighted by Crippen LogP contribution is 2.30. The number of aromatic nitrogens is 2. The maximum Gasteiger partial charge on any atom is 0.435 e. The van der Waals surface area contributed by atoms with Crippen molar-refractivity contribution in [2.45, 2.75) is 12.7 Å². The summed E-state index contributed by atoms with van der Waals surface area (Å²) in [5.74, 6) is 0.759. The first-order valence-electron chi connectivity index (χ1n) is 10.6. The van der Waals surface area contributed by atoms with E-state index in [0.717, 1.165) is 22.2 Å². The average molecular weight is 494 g/mol. The number of hydrogen-bond acceptors (Lipinski definition) is 4. The lowest BCUT2D eigenvalue weighted by Gasteiger charge is -2.36. The van der Waals surface area contributed by atoms with Gasteiger partial charge in [-0.15, -0.1) is 0 Å². The molecule has 3 aromatic rings. The number of carbonyl (C=O) groups excluding carboxylic acids is 1. The molecule has 1 aliphatic rings. The SMILES string of the molecule is COc1ccccc1N1CCN(C(=O)NCc2cc(C(F)(F)F)nn2-c2cccc(Cl)c2)CC1. The summed E-state index contributed by atoms with van der Waals surface area (Å²) >= 11 is 6.00. The molecule has 0 aliphatic carbocycles. The van der Waals surface area contributed by atoms with Gasteiger partial charge in [0.1, 0.15) is 5.75 Å². The Kier molecular flexibility index (Phi) is 6.87. The van der Waals surface area contributed by atoms with Gasteiger partial charge in [-0.25, -0.2) is 9.48 Å². The van der Waals surface area contributed by atoms with E-state index in [-0.39, 0.29) is 18.3 Å². The first-order valence-corrected chi connectivity index (χ1v) is 11.0. The van der Waals surface area contributed by atoms with Gasteiger partial charge >= 0.3 is 12.2 Å². The molecule has 2 aromatic carbocycles. The second-order valence-corrected chi connectivity index (χ2v) is 8.15. The minimum absolute atomic E-state index is 0.124. The zero-order valence-corrected chi connectivity index (χ0v) is 19.1. The van der Waals surface area contributed by atoms with Gasteiger partial charge in [-0.3, -0.25) is 0 Å². The number of halogens is 4. The van der Waals surface area contributed by atoms with Crippen molar-refractivity contribution in [3.63, 3.8) is 0 Å². The number of benzene rings is 2. The van der Waals surface area contributed by atoms with Crippen LogP contribution in [0.4, 0.5) is 23.7 Å². The molecule has 11 heteroatoms. The van der Waals surface area contributed by atoms with E-state index in [2.05, 4.69) is 15.3 Å². The number of hydrogen-bond donors (Lipinski definition) is 1. The third kappa shape index (κ3) is 5.22. The van der Waals surface area contributed by atoms with Crippen LogP contribution in [0.25, 0.3) is 5.69 Å². The number of piperazine rings is 1. The molecule has 4 rings (SSSR count). The summed E-state index contributed by atoms with van der Waals surface area (Å²) in [5.41, 5.74) is 0.477. The number of nitrogens with zero attached hydrogens (tertiary/aromatic N) is 4. The van der Waals surface area contributed by atoms with E-state index in [1.165, 1.54) is 6.07 Å². The molecule has 180 valence electrons. The Morgan fingerprint density at radius 2 is 1.82 bits per heavy atom. The van der Waals surface area contributed by atoms with E-state index in [9.17, 15) is 18.0 Å². The van der Waals surface area contributed by atoms with Crippen LogP contribution in [-0.4, -0.2) is 54.0 Å². The molecule has 34 heavy (non-hydrogen) atoms. The van der Waals surface area contributed by atoms with Crippen LogP contribution in [0.1, 0.15) is 11.4 Å². The van der Waals surface area contributed by atoms with Crippen LogP contribution in [0.2, 0.25) is 5.02 Å². The van der Waals surface area contributed by atoms with Crippen LogP contribution in [0, 0.1) is 0 Å². The van der Waals surface area contributed by atoms with Gasteiger partial charge < -0.3 is 19.9 Å². The molecule has 0 spiro atoms. The van der Waals surface area contributed by atoms with E-state index in [1.54, 1.807) is 30.2 Å². The molecule has 1 saturated heterocycles. The fraction of sp³-hybridized carbons (Fsp3) is 0.304. The van der Waals surface area contributed by atoms with Crippen LogP contribution in [-0.2, 0) is 12.7 Å². The third-order valence-corrected chi connectivity index (χ3v) is 5.77. The Balaban J connectivity index is 1.43. The number of nitrogens with one attached hydrogen (secondary N) is 1. The fourth-order valence-electron chi connectivity index (χ4n) is 3.84. The van der Waals surface area contributed by atoms with E-state index in [4.69, 9.17) is 16.3 Å². The largest absolute Gasteiger partial charge is 0.495 e. The Bertz CT molecular complexity index is 1160. The van der Waals surface area contributed by atoms with Crippen LogP contribution >= 0.6 is 11.6 Å². The molecule has 0 radical (unpaired) electrons. The van der Waals surface area contributed by atoms with Gasteiger partial charge in [-0.2, -0.15) is 18.3 Å². The number of alkyl halides is 3. The van der Waals surface area contributed by atoms with Crippen molar-refractivity contribution in [2.75, 3.05) is 38.2 Å². The highest BCUT2D eigenvalue weighted by atomic mass is 35.5. The average Bonchev–Trinajstić information content (AvgIpc) is 3.28. The minimum Gasteiger partial charge on any atom is -0.495 e.